The Morgan fingerprint density at radius 3 is 1.82 bits per heavy atom. The number of halogens is 2. The molecule has 86 valence electrons. The number of nitrogens with zero attached hydrogens (tertiary/aromatic N) is 2. The Balaban J connectivity index is 1.99. The normalized spacial score (nSPS) is 34.2. The molecule has 1 aromatic carbocycles. The molecule has 0 spiro atoms. The third kappa shape index (κ3) is 1.31. The molecule has 2 aliphatic carbocycles. The fourth-order valence-electron chi connectivity index (χ4n) is 3.08. The molecule has 1 heterocycles. The highest BCUT2D eigenvalue weighted by molar-refractivity contribution is 9.12. The van der Waals surface area contributed by atoms with Crippen LogP contribution >= 0.6 is 31.9 Å². The predicted octanol–water partition coefficient (Wildman–Crippen LogP) is 3.74. The number of alkyl halides is 2. The molecule has 17 heavy (non-hydrogen) atoms. The Labute approximate surface area is 116 Å². The minimum atomic E-state index is 0.496. The van der Waals surface area contributed by atoms with E-state index in [2.05, 4.69) is 31.9 Å². The van der Waals surface area contributed by atoms with Crippen LogP contribution in [0.3, 0.4) is 0 Å². The van der Waals surface area contributed by atoms with Crippen LogP contribution < -0.4 is 0 Å². The van der Waals surface area contributed by atoms with Crippen molar-refractivity contribution in [3.8, 4) is 0 Å². The van der Waals surface area contributed by atoms with Crippen LogP contribution in [0.5, 0.6) is 0 Å². The second-order valence-corrected chi connectivity index (χ2v) is 6.94. The highest BCUT2D eigenvalue weighted by atomic mass is 79.9. The van der Waals surface area contributed by atoms with Crippen LogP contribution in [0.25, 0.3) is 11.0 Å². The standard InChI is InChI=1S/C13H10Br2N2/c14-10-6-5-7(11(10)15)13-12(6)16-8-3-1-2-4-9(8)17-13/h1-4,6-7,10-11H,5H2/t6-,7+,10-,11-/m1/s1. The molecule has 2 aliphatic rings. The molecule has 0 aliphatic heterocycles. The molecule has 4 rings (SSSR count). The van der Waals surface area contributed by atoms with E-state index in [0.29, 0.717) is 21.5 Å². The number of hydrogen-bond donors (Lipinski definition) is 0. The van der Waals surface area contributed by atoms with Gasteiger partial charge in [-0.05, 0) is 18.6 Å². The van der Waals surface area contributed by atoms with Gasteiger partial charge in [0.15, 0.2) is 0 Å². The number of aromatic nitrogens is 2. The monoisotopic (exact) mass is 352 g/mol. The van der Waals surface area contributed by atoms with E-state index in [9.17, 15) is 0 Å². The Morgan fingerprint density at radius 1 is 0.882 bits per heavy atom. The molecule has 0 unspecified atom stereocenters. The first-order valence-corrected chi connectivity index (χ1v) is 7.63. The zero-order chi connectivity index (χ0) is 11.6. The number of rotatable bonds is 0. The average Bonchev–Trinajstić information content (AvgIpc) is 2.85. The van der Waals surface area contributed by atoms with Crippen molar-refractivity contribution in [1.29, 1.82) is 0 Å². The van der Waals surface area contributed by atoms with E-state index in [1.165, 1.54) is 17.8 Å². The minimum absolute atomic E-state index is 0.496. The maximum Gasteiger partial charge on any atom is 0.0890 e. The summed E-state index contributed by atoms with van der Waals surface area (Å²) in [4.78, 5) is 10.6. The van der Waals surface area contributed by atoms with Crippen molar-refractivity contribution in [2.75, 3.05) is 0 Å². The van der Waals surface area contributed by atoms with Gasteiger partial charge in [-0.15, -0.1) is 0 Å². The van der Waals surface area contributed by atoms with E-state index in [1.54, 1.807) is 0 Å². The van der Waals surface area contributed by atoms with Gasteiger partial charge < -0.3 is 0 Å². The molecule has 1 fully saturated rings. The van der Waals surface area contributed by atoms with E-state index in [-0.39, 0.29) is 0 Å². The lowest BCUT2D eigenvalue weighted by atomic mass is 10.00. The summed E-state index contributed by atoms with van der Waals surface area (Å²) in [5.74, 6) is 1.05. The summed E-state index contributed by atoms with van der Waals surface area (Å²) in [5.41, 5.74) is 4.46. The minimum Gasteiger partial charge on any atom is -0.249 e. The van der Waals surface area contributed by atoms with Gasteiger partial charge in [-0.25, -0.2) is 9.97 Å². The zero-order valence-electron chi connectivity index (χ0n) is 8.98. The third-order valence-electron chi connectivity index (χ3n) is 3.91. The molecule has 4 atom stereocenters. The molecule has 1 saturated carbocycles. The second kappa shape index (κ2) is 3.51. The highest BCUT2D eigenvalue weighted by Gasteiger charge is 2.51. The van der Waals surface area contributed by atoms with Crippen LogP contribution in [0.2, 0.25) is 0 Å². The topological polar surface area (TPSA) is 25.8 Å². The molecule has 2 nitrogen and oxygen atoms in total. The van der Waals surface area contributed by atoms with Crippen molar-refractivity contribution >= 4 is 42.9 Å². The van der Waals surface area contributed by atoms with Crippen LogP contribution in [-0.2, 0) is 0 Å². The first-order chi connectivity index (χ1) is 8.25. The molecule has 2 bridgehead atoms. The van der Waals surface area contributed by atoms with Gasteiger partial charge >= 0.3 is 0 Å². The summed E-state index contributed by atoms with van der Waals surface area (Å²) in [6.45, 7) is 0. The Hall–Kier alpha value is -0.480. The van der Waals surface area contributed by atoms with Crippen molar-refractivity contribution in [3.05, 3.63) is 35.7 Å². The molecule has 0 amide bonds. The van der Waals surface area contributed by atoms with Crippen molar-refractivity contribution in [1.82, 2.24) is 9.97 Å². The van der Waals surface area contributed by atoms with Crippen molar-refractivity contribution in [2.45, 2.75) is 27.9 Å². The third-order valence-corrected chi connectivity index (χ3v) is 7.03. The lowest BCUT2D eigenvalue weighted by Gasteiger charge is -2.23. The fourth-order valence-corrected chi connectivity index (χ4v) is 4.74. The quantitative estimate of drug-likeness (QED) is 0.674. The molecular weight excluding hydrogens is 344 g/mol. The maximum absolute atomic E-state index is 4.81. The number of para-hydroxylation sites is 2. The van der Waals surface area contributed by atoms with Crippen LogP contribution in [-0.4, -0.2) is 19.6 Å². The maximum atomic E-state index is 4.81. The molecule has 2 aromatic rings. The average molecular weight is 354 g/mol. The van der Waals surface area contributed by atoms with Gasteiger partial charge in [-0.3, -0.25) is 0 Å². The molecule has 4 heteroatoms. The van der Waals surface area contributed by atoms with Crippen LogP contribution in [0.15, 0.2) is 24.3 Å². The van der Waals surface area contributed by atoms with E-state index in [4.69, 9.17) is 9.97 Å². The van der Waals surface area contributed by atoms with Crippen molar-refractivity contribution in [3.63, 3.8) is 0 Å². The summed E-state index contributed by atoms with van der Waals surface area (Å²) >= 11 is 7.56. The van der Waals surface area contributed by atoms with Crippen molar-refractivity contribution in [2.24, 2.45) is 0 Å². The molecule has 1 aromatic heterocycles. The van der Waals surface area contributed by atoms with Crippen LogP contribution in [0.4, 0.5) is 0 Å². The second-order valence-electron chi connectivity index (χ2n) is 4.82. The van der Waals surface area contributed by atoms with Gasteiger partial charge in [0, 0.05) is 21.5 Å². The van der Waals surface area contributed by atoms with Gasteiger partial charge in [0.2, 0.25) is 0 Å². The van der Waals surface area contributed by atoms with Gasteiger partial charge in [-0.1, -0.05) is 44.0 Å². The smallest absolute Gasteiger partial charge is 0.0890 e. The van der Waals surface area contributed by atoms with E-state index in [0.717, 1.165) is 11.0 Å². The van der Waals surface area contributed by atoms with E-state index >= 15 is 0 Å². The number of benzene rings is 1. The lowest BCUT2D eigenvalue weighted by Crippen LogP contribution is -2.23. The Bertz CT molecular complexity index is 561. The summed E-state index contributed by atoms with van der Waals surface area (Å²) in [6, 6.07) is 8.14. The predicted molar refractivity (Wildman–Crippen MR) is 75.1 cm³/mol. The van der Waals surface area contributed by atoms with E-state index < -0.39 is 0 Å². The SMILES string of the molecule is Br[C@H]1[C@H](Br)[C@H]2C[C@@H]1c1nc3ccccc3nc12. The number of hydrogen-bond acceptors (Lipinski definition) is 2. The summed E-state index contributed by atoms with van der Waals surface area (Å²) in [5, 5.41) is 0. The highest BCUT2D eigenvalue weighted by Crippen LogP contribution is 2.57. The van der Waals surface area contributed by atoms with Gasteiger partial charge in [-0.2, -0.15) is 0 Å². The fraction of sp³-hybridized carbons (Fsp3) is 0.385. The van der Waals surface area contributed by atoms with Crippen LogP contribution in [0, 0.1) is 0 Å². The van der Waals surface area contributed by atoms with Crippen molar-refractivity contribution < 1.29 is 0 Å². The first-order valence-electron chi connectivity index (χ1n) is 5.80. The summed E-state index contributed by atoms with van der Waals surface area (Å²) in [7, 11) is 0. The van der Waals surface area contributed by atoms with Gasteiger partial charge in [0.25, 0.3) is 0 Å². The van der Waals surface area contributed by atoms with Crippen LogP contribution in [0.1, 0.15) is 29.6 Å². The molecule has 0 radical (unpaired) electrons. The summed E-state index contributed by atoms with van der Waals surface area (Å²) in [6.07, 6.45) is 1.18. The molecular formula is C13H10Br2N2. The lowest BCUT2D eigenvalue weighted by molar-refractivity contribution is 0.733. The Kier molecular flexibility index (Phi) is 2.16. The largest absolute Gasteiger partial charge is 0.249 e. The van der Waals surface area contributed by atoms with Gasteiger partial charge in [0.05, 0.1) is 22.4 Å². The zero-order valence-corrected chi connectivity index (χ0v) is 12.1. The first kappa shape index (κ1) is 10.4. The Morgan fingerprint density at radius 2 is 1.35 bits per heavy atom. The van der Waals surface area contributed by atoms with Gasteiger partial charge in [0.1, 0.15) is 0 Å². The molecule has 0 saturated heterocycles. The summed E-state index contributed by atoms with van der Waals surface area (Å²) < 4.78 is 0. The molecule has 0 N–H and O–H groups in total. The number of fused-ring (bicyclic) bond motifs is 6. The van der Waals surface area contributed by atoms with E-state index in [1.807, 2.05) is 24.3 Å².